The third-order valence-electron chi connectivity index (χ3n) is 11.2. The second-order valence-corrected chi connectivity index (χ2v) is 15.0. The number of allylic oxidation sites excluding steroid dienone is 8. The molecule has 2 nitrogen and oxygen atoms in total. The predicted octanol–water partition coefficient (Wildman–Crippen LogP) is 10.9. The number of rotatable bonds is 5. The summed E-state index contributed by atoms with van der Waals surface area (Å²) in [5.41, 5.74) is 5.99. The van der Waals surface area contributed by atoms with Crippen LogP contribution < -0.4 is 9.64 Å². The fourth-order valence-corrected chi connectivity index (χ4v) is 9.75. The molecule has 1 saturated heterocycles. The van der Waals surface area contributed by atoms with Crippen LogP contribution in [0.1, 0.15) is 54.0 Å². The molecule has 0 radical (unpaired) electrons. The number of hydrogen-bond acceptors (Lipinski definition) is 3. The maximum absolute atomic E-state index is 16.2. The zero-order chi connectivity index (χ0) is 30.4. The normalized spacial score (nSPS) is 28.8. The fraction of sp³-hybridized carbons (Fsp3) is 0.286. The van der Waals surface area contributed by atoms with E-state index in [9.17, 15) is 0 Å². The number of thiophene rings is 1. The minimum atomic E-state index is -0.835. The summed E-state index contributed by atoms with van der Waals surface area (Å²) in [5, 5.41) is 2.53. The molecule has 0 N–H and O–H groups in total. The number of halogens is 1. The van der Waals surface area contributed by atoms with Crippen LogP contribution in [0.2, 0.25) is 0 Å². The molecule has 1 aromatic heterocycles. The molecule has 0 bridgehead atoms. The Morgan fingerprint density at radius 2 is 1.65 bits per heavy atom. The van der Waals surface area contributed by atoms with E-state index in [0.717, 1.165) is 49.2 Å². The third-order valence-corrected chi connectivity index (χ3v) is 12.4. The second-order valence-electron chi connectivity index (χ2n) is 13.9. The largest absolute Gasteiger partial charge is 0.477 e. The van der Waals surface area contributed by atoms with Gasteiger partial charge in [0.15, 0.2) is 5.60 Å². The van der Waals surface area contributed by atoms with Gasteiger partial charge in [0.2, 0.25) is 0 Å². The number of fused-ring (bicyclic) bond motifs is 6. The highest BCUT2D eigenvalue weighted by atomic mass is 32.1. The number of benzene rings is 3. The van der Waals surface area contributed by atoms with Crippen molar-refractivity contribution in [1.82, 2.24) is 0 Å². The molecule has 4 aliphatic carbocycles. The lowest BCUT2D eigenvalue weighted by Gasteiger charge is -2.42. The van der Waals surface area contributed by atoms with Crippen LogP contribution in [0, 0.1) is 17.8 Å². The van der Waals surface area contributed by atoms with Crippen LogP contribution >= 0.6 is 11.3 Å². The summed E-state index contributed by atoms with van der Waals surface area (Å²) < 4.78 is 23.7. The van der Waals surface area contributed by atoms with Gasteiger partial charge in [0, 0.05) is 56.7 Å². The summed E-state index contributed by atoms with van der Waals surface area (Å²) in [6.07, 6.45) is 20.6. The summed E-state index contributed by atoms with van der Waals surface area (Å²) in [6, 6.07) is 24.5. The Balaban J connectivity index is 1.13. The molecule has 0 amide bonds. The molecule has 228 valence electrons. The Labute approximate surface area is 273 Å². The van der Waals surface area contributed by atoms with E-state index in [1.54, 1.807) is 0 Å². The van der Waals surface area contributed by atoms with E-state index >= 15 is 4.39 Å². The van der Waals surface area contributed by atoms with Crippen LogP contribution in [-0.2, 0) is 5.60 Å². The van der Waals surface area contributed by atoms with E-state index in [1.807, 2.05) is 17.4 Å². The predicted molar refractivity (Wildman–Crippen MR) is 188 cm³/mol. The van der Waals surface area contributed by atoms with Gasteiger partial charge in [0.1, 0.15) is 11.6 Å². The van der Waals surface area contributed by atoms with Crippen LogP contribution in [0.25, 0.3) is 26.8 Å². The Kier molecular flexibility index (Phi) is 5.97. The van der Waals surface area contributed by atoms with Gasteiger partial charge in [0.25, 0.3) is 0 Å². The van der Waals surface area contributed by atoms with Crippen LogP contribution in [0.4, 0.5) is 10.1 Å². The fourth-order valence-electron chi connectivity index (χ4n) is 8.71. The van der Waals surface area contributed by atoms with Gasteiger partial charge in [-0.1, -0.05) is 72.9 Å². The molecule has 2 aliphatic heterocycles. The molecule has 3 heterocycles. The monoisotopic (exact) mass is 621 g/mol. The molecule has 5 unspecified atom stereocenters. The van der Waals surface area contributed by atoms with Crippen molar-refractivity contribution in [2.75, 3.05) is 18.0 Å². The second kappa shape index (κ2) is 10.2. The molecule has 3 fully saturated rings. The Morgan fingerprint density at radius 1 is 0.848 bits per heavy atom. The molecule has 46 heavy (non-hydrogen) atoms. The molecule has 4 heteroatoms. The first-order valence-corrected chi connectivity index (χ1v) is 17.8. The molecule has 5 atom stereocenters. The lowest BCUT2D eigenvalue weighted by Crippen LogP contribution is -2.41. The van der Waals surface area contributed by atoms with Gasteiger partial charge in [-0.3, -0.25) is 0 Å². The van der Waals surface area contributed by atoms with Gasteiger partial charge in [-0.2, -0.15) is 0 Å². The number of nitrogens with zero attached hydrogens (tertiary/aromatic N) is 1. The van der Waals surface area contributed by atoms with Crippen LogP contribution in [0.3, 0.4) is 0 Å². The average molecular weight is 622 g/mol. The minimum absolute atomic E-state index is 0.0841. The van der Waals surface area contributed by atoms with Crippen molar-refractivity contribution in [1.29, 1.82) is 0 Å². The number of ether oxygens (including phenoxy) is 1. The Bertz CT molecular complexity index is 2050. The van der Waals surface area contributed by atoms with Crippen LogP contribution in [0.5, 0.6) is 5.75 Å². The highest BCUT2D eigenvalue weighted by Gasteiger charge is 2.63. The quantitative estimate of drug-likeness (QED) is 0.220. The standard InChI is InChI=1S/C42H36FNOS/c43-37-23-28-21-27(28)22-36(37)42(29-13-15-30(16-14-29)44-19-7-8-20-44)35-24-34(35)41-32-12-6-5-11-31(32)33(25-38(41)45-42)40-18-17-39(46-40)26-9-3-1-2-4-10-26/h1,3-6,9-18,22-23,25,27-28,34-35H,2,7-8,19-21,24H2. The Hall–Kier alpha value is -4.15. The zero-order valence-corrected chi connectivity index (χ0v) is 26.6. The first-order valence-electron chi connectivity index (χ1n) is 17.0. The maximum atomic E-state index is 16.2. The van der Waals surface area contributed by atoms with E-state index in [0.29, 0.717) is 17.8 Å². The summed E-state index contributed by atoms with van der Waals surface area (Å²) >= 11 is 1.83. The van der Waals surface area contributed by atoms with Crippen molar-refractivity contribution in [2.24, 2.45) is 17.8 Å². The van der Waals surface area contributed by atoms with Gasteiger partial charge in [-0.25, -0.2) is 4.39 Å². The van der Waals surface area contributed by atoms with E-state index < -0.39 is 5.60 Å². The van der Waals surface area contributed by atoms with Crippen LogP contribution in [0.15, 0.2) is 121 Å². The van der Waals surface area contributed by atoms with E-state index in [2.05, 4.69) is 108 Å². The van der Waals surface area contributed by atoms with Gasteiger partial charge in [0.05, 0.1) is 0 Å². The van der Waals surface area contributed by atoms with Crippen LogP contribution in [-0.4, -0.2) is 13.1 Å². The summed E-state index contributed by atoms with van der Waals surface area (Å²) in [6.45, 7) is 2.21. The van der Waals surface area contributed by atoms with Gasteiger partial charge in [-0.05, 0) is 103 Å². The highest BCUT2D eigenvalue weighted by Crippen LogP contribution is 2.69. The lowest BCUT2D eigenvalue weighted by atomic mass is 9.75. The van der Waals surface area contributed by atoms with E-state index in [4.69, 9.17) is 4.74 Å². The zero-order valence-electron chi connectivity index (χ0n) is 25.8. The van der Waals surface area contributed by atoms with Crippen molar-refractivity contribution in [3.05, 3.63) is 137 Å². The first-order chi connectivity index (χ1) is 22.7. The average Bonchev–Trinajstić information content (AvgIpc) is 3.95. The van der Waals surface area contributed by atoms with Crippen molar-refractivity contribution < 1.29 is 9.13 Å². The highest BCUT2D eigenvalue weighted by molar-refractivity contribution is 7.16. The molecule has 4 aromatic rings. The third kappa shape index (κ3) is 4.12. The van der Waals surface area contributed by atoms with E-state index in [1.165, 1.54) is 55.8 Å². The molecular weight excluding hydrogens is 586 g/mol. The SMILES string of the molecule is FC1=CC2CC2C=C1C1(c2ccc(N3CCCC3)cc2)Oc2cc(-c3ccc(C4=CC=CCC=C4)s3)c3ccccc3c2C2CC21. The summed E-state index contributed by atoms with van der Waals surface area (Å²) in [4.78, 5) is 4.95. The molecule has 10 rings (SSSR count). The lowest BCUT2D eigenvalue weighted by molar-refractivity contribution is 0.0660. The Morgan fingerprint density at radius 3 is 2.52 bits per heavy atom. The molecule has 0 spiro atoms. The van der Waals surface area contributed by atoms with Gasteiger partial charge in [-0.15, -0.1) is 11.3 Å². The van der Waals surface area contributed by atoms with Crippen molar-refractivity contribution in [3.8, 4) is 16.2 Å². The van der Waals surface area contributed by atoms with Crippen molar-refractivity contribution in [3.63, 3.8) is 0 Å². The number of hydrogen-bond donors (Lipinski definition) is 0. The molecule has 6 aliphatic rings. The van der Waals surface area contributed by atoms with Gasteiger partial charge < -0.3 is 9.64 Å². The topological polar surface area (TPSA) is 12.5 Å². The molecule has 3 aromatic carbocycles. The molecular formula is C42H36FNOS. The maximum Gasteiger partial charge on any atom is 0.165 e. The van der Waals surface area contributed by atoms with Crippen molar-refractivity contribution >= 4 is 33.4 Å². The summed E-state index contributed by atoms with van der Waals surface area (Å²) in [5.74, 6) is 2.13. The molecule has 2 saturated carbocycles. The smallest absolute Gasteiger partial charge is 0.165 e. The minimum Gasteiger partial charge on any atom is -0.477 e. The summed E-state index contributed by atoms with van der Waals surface area (Å²) in [7, 11) is 0. The van der Waals surface area contributed by atoms with Gasteiger partial charge >= 0.3 is 0 Å². The van der Waals surface area contributed by atoms with Crippen molar-refractivity contribution in [2.45, 2.75) is 43.6 Å². The first kappa shape index (κ1) is 27.0. The van der Waals surface area contributed by atoms with E-state index in [-0.39, 0.29) is 11.7 Å². The number of anilines is 1.